The van der Waals surface area contributed by atoms with Crippen molar-refractivity contribution in [3.63, 3.8) is 0 Å². The number of aryl methyl sites for hydroxylation is 1. The minimum Gasteiger partial charge on any atom is -0.367 e. The minimum atomic E-state index is -0.282. The first kappa shape index (κ1) is 17.9. The molecule has 0 radical (unpaired) electrons. The number of anilines is 2. The molecule has 2 heterocycles. The molecule has 27 heavy (non-hydrogen) atoms. The van der Waals surface area contributed by atoms with E-state index >= 15 is 0 Å². The Morgan fingerprint density at radius 3 is 2.63 bits per heavy atom. The summed E-state index contributed by atoms with van der Waals surface area (Å²) in [5.41, 5.74) is 2.68. The molecule has 0 bridgehead atoms. The van der Waals surface area contributed by atoms with Crippen molar-refractivity contribution in [2.75, 3.05) is 43.4 Å². The normalized spacial score (nSPS) is 15.3. The van der Waals surface area contributed by atoms with Gasteiger partial charge in [-0.1, -0.05) is 12.1 Å². The van der Waals surface area contributed by atoms with E-state index in [0.717, 1.165) is 53.2 Å². The number of likely N-dealkylation sites (N-methyl/N-ethyl adjacent to an activating group) is 1. The number of para-hydroxylation sites is 2. The molecule has 4 nitrogen and oxygen atoms in total. The van der Waals surface area contributed by atoms with E-state index in [9.17, 15) is 9.18 Å². The topological polar surface area (TPSA) is 35.6 Å². The Morgan fingerprint density at radius 1 is 1.11 bits per heavy atom. The van der Waals surface area contributed by atoms with E-state index in [-0.39, 0.29) is 11.7 Å². The summed E-state index contributed by atoms with van der Waals surface area (Å²) < 4.78 is 14.5. The van der Waals surface area contributed by atoms with Gasteiger partial charge in [-0.15, -0.1) is 11.3 Å². The Hall–Kier alpha value is -2.44. The lowest BCUT2D eigenvalue weighted by Crippen LogP contribution is -2.44. The Balaban J connectivity index is 1.61. The summed E-state index contributed by atoms with van der Waals surface area (Å²) in [5, 5.41) is 3.88. The summed E-state index contributed by atoms with van der Waals surface area (Å²) in [4.78, 5) is 18.2. The first-order chi connectivity index (χ1) is 13.0. The van der Waals surface area contributed by atoms with E-state index < -0.39 is 0 Å². The smallest absolute Gasteiger partial charge is 0.266 e. The number of hydrogen-bond donors (Lipinski definition) is 1. The molecule has 0 atom stereocenters. The lowest BCUT2D eigenvalue weighted by Gasteiger charge is -2.35. The van der Waals surface area contributed by atoms with Gasteiger partial charge in [-0.2, -0.15) is 0 Å². The molecule has 6 heteroatoms. The second-order valence-electron chi connectivity index (χ2n) is 6.96. The first-order valence-electron chi connectivity index (χ1n) is 9.05. The largest absolute Gasteiger partial charge is 0.367 e. The SMILES string of the molecule is Cc1c(C(=O)Nc2ccccc2N2CCN(C)CC2)sc2ccc(F)cc12. The quantitative estimate of drug-likeness (QED) is 0.730. The summed E-state index contributed by atoms with van der Waals surface area (Å²) in [6, 6.07) is 12.6. The molecule has 2 aromatic carbocycles. The molecule has 140 valence electrons. The van der Waals surface area contributed by atoms with Crippen molar-refractivity contribution in [2.24, 2.45) is 0 Å². The van der Waals surface area contributed by atoms with Gasteiger partial charge in [0.2, 0.25) is 0 Å². The molecule has 3 aromatic rings. The Labute approximate surface area is 162 Å². The average molecular weight is 383 g/mol. The van der Waals surface area contributed by atoms with E-state index in [1.54, 1.807) is 6.07 Å². The number of halogens is 1. The molecular weight excluding hydrogens is 361 g/mol. The standard InChI is InChI=1S/C21H22FN3OS/c1-14-16-13-15(22)7-8-19(16)27-20(14)21(26)23-17-5-3-4-6-18(17)25-11-9-24(2)10-12-25/h3-8,13H,9-12H2,1-2H3,(H,23,26). The van der Waals surface area contributed by atoms with Crippen LogP contribution in [0.2, 0.25) is 0 Å². The summed E-state index contributed by atoms with van der Waals surface area (Å²) in [6.07, 6.45) is 0. The van der Waals surface area contributed by atoms with Gasteiger partial charge in [0, 0.05) is 30.9 Å². The molecule has 1 fully saturated rings. The molecule has 1 aliphatic heterocycles. The predicted molar refractivity (Wildman–Crippen MR) is 111 cm³/mol. The highest BCUT2D eigenvalue weighted by Gasteiger charge is 2.20. The van der Waals surface area contributed by atoms with E-state index in [0.29, 0.717) is 4.88 Å². The van der Waals surface area contributed by atoms with Crippen LogP contribution in [-0.4, -0.2) is 44.0 Å². The lowest BCUT2D eigenvalue weighted by atomic mass is 10.1. The number of amides is 1. The number of carbonyl (C=O) groups is 1. The van der Waals surface area contributed by atoms with Gasteiger partial charge in [0.1, 0.15) is 5.82 Å². The average Bonchev–Trinajstić information content (AvgIpc) is 2.99. The molecule has 0 saturated carbocycles. The number of fused-ring (bicyclic) bond motifs is 1. The molecule has 1 aromatic heterocycles. The van der Waals surface area contributed by atoms with Gasteiger partial charge in [-0.25, -0.2) is 4.39 Å². The second kappa shape index (κ2) is 7.29. The highest BCUT2D eigenvalue weighted by Crippen LogP contribution is 2.33. The molecule has 0 unspecified atom stereocenters. The van der Waals surface area contributed by atoms with Crippen molar-refractivity contribution in [3.05, 3.63) is 58.7 Å². The summed E-state index contributed by atoms with van der Waals surface area (Å²) >= 11 is 1.40. The lowest BCUT2D eigenvalue weighted by molar-refractivity contribution is 0.103. The highest BCUT2D eigenvalue weighted by molar-refractivity contribution is 7.21. The van der Waals surface area contributed by atoms with Crippen LogP contribution >= 0.6 is 11.3 Å². The van der Waals surface area contributed by atoms with Crippen LogP contribution in [0.25, 0.3) is 10.1 Å². The third-order valence-corrected chi connectivity index (χ3v) is 6.37. The summed E-state index contributed by atoms with van der Waals surface area (Å²) in [6.45, 7) is 5.75. The van der Waals surface area contributed by atoms with Gasteiger partial charge < -0.3 is 15.1 Å². The van der Waals surface area contributed by atoms with Crippen LogP contribution in [0.1, 0.15) is 15.2 Å². The number of nitrogens with zero attached hydrogens (tertiary/aromatic N) is 2. The van der Waals surface area contributed by atoms with Crippen LogP contribution in [0.3, 0.4) is 0 Å². The van der Waals surface area contributed by atoms with Crippen LogP contribution in [0.4, 0.5) is 15.8 Å². The monoisotopic (exact) mass is 383 g/mol. The van der Waals surface area contributed by atoms with E-state index in [4.69, 9.17) is 0 Å². The molecule has 1 saturated heterocycles. The van der Waals surface area contributed by atoms with Gasteiger partial charge in [-0.05, 0) is 55.3 Å². The molecule has 1 aliphatic rings. The maximum absolute atomic E-state index is 13.6. The van der Waals surface area contributed by atoms with E-state index in [2.05, 4.69) is 22.2 Å². The Bertz CT molecular complexity index is 992. The molecule has 4 rings (SSSR count). The minimum absolute atomic E-state index is 0.143. The predicted octanol–water partition coefficient (Wildman–Crippen LogP) is 4.35. The van der Waals surface area contributed by atoms with Gasteiger partial charge in [0.05, 0.1) is 16.3 Å². The maximum Gasteiger partial charge on any atom is 0.266 e. The summed E-state index contributed by atoms with van der Waals surface area (Å²) in [7, 11) is 2.12. The Morgan fingerprint density at radius 2 is 1.85 bits per heavy atom. The van der Waals surface area contributed by atoms with Crippen LogP contribution < -0.4 is 10.2 Å². The zero-order valence-electron chi connectivity index (χ0n) is 15.5. The molecule has 1 N–H and O–H groups in total. The number of nitrogens with one attached hydrogen (secondary N) is 1. The first-order valence-corrected chi connectivity index (χ1v) is 9.87. The second-order valence-corrected chi connectivity index (χ2v) is 8.01. The third kappa shape index (κ3) is 3.55. The highest BCUT2D eigenvalue weighted by atomic mass is 32.1. The van der Waals surface area contributed by atoms with Crippen molar-refractivity contribution in [1.29, 1.82) is 0 Å². The van der Waals surface area contributed by atoms with Gasteiger partial charge in [0.25, 0.3) is 5.91 Å². The van der Waals surface area contributed by atoms with Gasteiger partial charge in [-0.3, -0.25) is 4.79 Å². The van der Waals surface area contributed by atoms with Crippen LogP contribution in [0.15, 0.2) is 42.5 Å². The van der Waals surface area contributed by atoms with Crippen LogP contribution in [-0.2, 0) is 0 Å². The zero-order chi connectivity index (χ0) is 19.0. The number of thiophene rings is 1. The van der Waals surface area contributed by atoms with Crippen molar-refractivity contribution in [3.8, 4) is 0 Å². The van der Waals surface area contributed by atoms with Crippen molar-refractivity contribution in [1.82, 2.24) is 4.90 Å². The van der Waals surface area contributed by atoms with Crippen molar-refractivity contribution < 1.29 is 9.18 Å². The number of hydrogen-bond acceptors (Lipinski definition) is 4. The van der Waals surface area contributed by atoms with Crippen molar-refractivity contribution in [2.45, 2.75) is 6.92 Å². The third-order valence-electron chi connectivity index (χ3n) is 5.10. The fraction of sp³-hybridized carbons (Fsp3) is 0.286. The zero-order valence-corrected chi connectivity index (χ0v) is 16.3. The Kier molecular flexibility index (Phi) is 4.85. The molecule has 1 amide bonds. The van der Waals surface area contributed by atoms with Crippen molar-refractivity contribution >= 4 is 38.7 Å². The fourth-order valence-electron chi connectivity index (χ4n) is 3.49. The van der Waals surface area contributed by atoms with Crippen LogP contribution in [0, 0.1) is 12.7 Å². The number of carbonyl (C=O) groups excluding carboxylic acids is 1. The number of rotatable bonds is 3. The number of benzene rings is 2. The fourth-order valence-corrected chi connectivity index (χ4v) is 4.58. The summed E-state index contributed by atoms with van der Waals surface area (Å²) in [5.74, 6) is -0.425. The molecule has 0 spiro atoms. The van der Waals surface area contributed by atoms with E-state index in [1.807, 2.05) is 31.2 Å². The van der Waals surface area contributed by atoms with E-state index in [1.165, 1.54) is 23.5 Å². The molecular formula is C21H22FN3OS. The molecule has 0 aliphatic carbocycles. The number of piperazine rings is 1. The van der Waals surface area contributed by atoms with Crippen LogP contribution in [0.5, 0.6) is 0 Å². The van der Waals surface area contributed by atoms with Gasteiger partial charge >= 0.3 is 0 Å². The van der Waals surface area contributed by atoms with Gasteiger partial charge in [0.15, 0.2) is 0 Å². The maximum atomic E-state index is 13.6.